The summed E-state index contributed by atoms with van der Waals surface area (Å²) < 4.78 is 1.95. The van der Waals surface area contributed by atoms with Gasteiger partial charge in [0.15, 0.2) is 0 Å². The normalized spacial score (nSPS) is 26.8. The summed E-state index contributed by atoms with van der Waals surface area (Å²) in [6, 6.07) is -0.251. The van der Waals surface area contributed by atoms with E-state index < -0.39 is 5.97 Å². The lowest BCUT2D eigenvalue weighted by Crippen LogP contribution is -2.39. The van der Waals surface area contributed by atoms with E-state index in [-0.39, 0.29) is 6.04 Å². The van der Waals surface area contributed by atoms with Gasteiger partial charge in [0.1, 0.15) is 6.04 Å². The third-order valence-electron chi connectivity index (χ3n) is 1.97. The van der Waals surface area contributed by atoms with Crippen LogP contribution in [0.2, 0.25) is 0 Å². The van der Waals surface area contributed by atoms with Crippen LogP contribution in [-0.4, -0.2) is 34.2 Å². The average molecular weight is 175 g/mol. The molecule has 1 rings (SSSR count). The van der Waals surface area contributed by atoms with Crippen molar-refractivity contribution in [1.82, 2.24) is 4.31 Å². The SMILES string of the molecule is CSN1CCCC[C@@H]1C(=O)O. The molecule has 1 saturated heterocycles. The van der Waals surface area contributed by atoms with Gasteiger partial charge in [-0.1, -0.05) is 11.9 Å². The zero-order valence-electron chi connectivity index (χ0n) is 6.62. The van der Waals surface area contributed by atoms with Crippen LogP contribution in [0.25, 0.3) is 0 Å². The van der Waals surface area contributed by atoms with Crippen molar-refractivity contribution in [1.29, 1.82) is 0 Å². The molecule has 0 aliphatic carbocycles. The summed E-state index contributed by atoms with van der Waals surface area (Å²) >= 11 is 1.53. The van der Waals surface area contributed by atoms with Gasteiger partial charge in [-0.15, -0.1) is 0 Å². The van der Waals surface area contributed by atoms with E-state index in [1.165, 1.54) is 11.9 Å². The quantitative estimate of drug-likeness (QED) is 0.640. The minimum atomic E-state index is -0.681. The summed E-state index contributed by atoms with van der Waals surface area (Å²) in [7, 11) is 0. The molecular formula is C7H13NO2S. The average Bonchev–Trinajstić information content (AvgIpc) is 2.04. The molecule has 0 aromatic rings. The van der Waals surface area contributed by atoms with Gasteiger partial charge in [-0.2, -0.15) is 0 Å². The second kappa shape index (κ2) is 3.97. The molecule has 4 heteroatoms. The van der Waals surface area contributed by atoms with Gasteiger partial charge in [0, 0.05) is 6.54 Å². The molecule has 3 nitrogen and oxygen atoms in total. The largest absolute Gasteiger partial charge is 0.480 e. The van der Waals surface area contributed by atoms with Gasteiger partial charge in [0.05, 0.1) is 0 Å². The first kappa shape index (κ1) is 8.87. The number of rotatable bonds is 2. The first-order valence-corrected chi connectivity index (χ1v) is 4.97. The molecule has 0 amide bonds. The van der Waals surface area contributed by atoms with E-state index in [1.807, 2.05) is 10.6 Å². The first-order valence-electron chi connectivity index (χ1n) is 3.79. The van der Waals surface area contributed by atoms with Crippen molar-refractivity contribution >= 4 is 17.9 Å². The van der Waals surface area contributed by atoms with Gasteiger partial charge < -0.3 is 5.11 Å². The summed E-state index contributed by atoms with van der Waals surface area (Å²) in [5.74, 6) is -0.681. The molecule has 0 spiro atoms. The van der Waals surface area contributed by atoms with Crippen molar-refractivity contribution in [3.05, 3.63) is 0 Å². The van der Waals surface area contributed by atoms with Gasteiger partial charge in [0.25, 0.3) is 0 Å². The summed E-state index contributed by atoms with van der Waals surface area (Å²) in [4.78, 5) is 10.7. The van der Waals surface area contributed by atoms with Crippen LogP contribution in [0.4, 0.5) is 0 Å². The molecule has 1 fully saturated rings. The Morgan fingerprint density at radius 1 is 1.64 bits per heavy atom. The molecule has 1 aliphatic heterocycles. The van der Waals surface area contributed by atoms with Crippen molar-refractivity contribution in [2.45, 2.75) is 25.3 Å². The molecule has 64 valence electrons. The van der Waals surface area contributed by atoms with Crippen LogP contribution in [-0.2, 0) is 4.79 Å². The number of carboxylic acids is 1. The number of hydrogen-bond donors (Lipinski definition) is 1. The summed E-state index contributed by atoms with van der Waals surface area (Å²) in [5.41, 5.74) is 0. The van der Waals surface area contributed by atoms with Crippen LogP contribution in [0, 0.1) is 0 Å². The Balaban J connectivity index is 2.51. The first-order chi connectivity index (χ1) is 5.25. The van der Waals surface area contributed by atoms with Crippen LogP contribution in [0.1, 0.15) is 19.3 Å². The fourth-order valence-electron chi connectivity index (χ4n) is 1.37. The molecule has 0 aromatic carbocycles. The Morgan fingerprint density at radius 2 is 2.36 bits per heavy atom. The van der Waals surface area contributed by atoms with Gasteiger partial charge in [-0.05, 0) is 25.5 Å². The van der Waals surface area contributed by atoms with Crippen molar-refractivity contribution in [2.24, 2.45) is 0 Å². The summed E-state index contributed by atoms with van der Waals surface area (Å²) in [6.07, 6.45) is 4.91. The molecule has 1 atom stereocenters. The molecule has 0 bridgehead atoms. The maximum atomic E-state index is 10.7. The highest BCUT2D eigenvalue weighted by Crippen LogP contribution is 2.22. The lowest BCUT2D eigenvalue weighted by atomic mass is 10.1. The Morgan fingerprint density at radius 3 is 2.82 bits per heavy atom. The number of piperidine rings is 1. The van der Waals surface area contributed by atoms with E-state index >= 15 is 0 Å². The van der Waals surface area contributed by atoms with E-state index in [4.69, 9.17) is 5.11 Å². The Bertz CT molecular complexity index is 151. The zero-order chi connectivity index (χ0) is 8.27. The minimum Gasteiger partial charge on any atom is -0.480 e. The van der Waals surface area contributed by atoms with E-state index in [9.17, 15) is 4.79 Å². The van der Waals surface area contributed by atoms with Gasteiger partial charge >= 0.3 is 5.97 Å². The van der Waals surface area contributed by atoms with E-state index in [0.717, 1.165) is 25.8 Å². The monoisotopic (exact) mass is 175 g/mol. The van der Waals surface area contributed by atoms with Crippen molar-refractivity contribution < 1.29 is 9.90 Å². The summed E-state index contributed by atoms with van der Waals surface area (Å²) in [6.45, 7) is 0.915. The second-order valence-corrected chi connectivity index (χ2v) is 3.51. The van der Waals surface area contributed by atoms with Crippen LogP contribution < -0.4 is 0 Å². The predicted molar refractivity (Wildman–Crippen MR) is 45.5 cm³/mol. The lowest BCUT2D eigenvalue weighted by Gasteiger charge is -2.30. The molecule has 0 aromatic heterocycles. The van der Waals surface area contributed by atoms with Gasteiger partial charge in [0.2, 0.25) is 0 Å². The lowest BCUT2D eigenvalue weighted by molar-refractivity contribution is -0.142. The fourth-order valence-corrected chi connectivity index (χ4v) is 2.13. The number of nitrogens with zero attached hydrogens (tertiary/aromatic N) is 1. The van der Waals surface area contributed by atoms with E-state index in [1.54, 1.807) is 0 Å². The van der Waals surface area contributed by atoms with Crippen LogP contribution in [0.3, 0.4) is 0 Å². The van der Waals surface area contributed by atoms with Crippen LogP contribution in [0.5, 0.6) is 0 Å². The molecule has 1 heterocycles. The third-order valence-corrected chi connectivity index (χ3v) is 2.88. The summed E-state index contributed by atoms with van der Waals surface area (Å²) in [5, 5.41) is 8.78. The van der Waals surface area contributed by atoms with Crippen LogP contribution in [0.15, 0.2) is 0 Å². The smallest absolute Gasteiger partial charge is 0.321 e. The number of hydrogen-bond acceptors (Lipinski definition) is 3. The highest BCUT2D eigenvalue weighted by molar-refractivity contribution is 7.96. The number of carbonyl (C=O) groups is 1. The highest BCUT2D eigenvalue weighted by Gasteiger charge is 2.27. The van der Waals surface area contributed by atoms with Crippen molar-refractivity contribution in [3.63, 3.8) is 0 Å². The van der Waals surface area contributed by atoms with Gasteiger partial charge in [-0.25, -0.2) is 4.31 Å². The Hall–Kier alpha value is -0.220. The molecular weight excluding hydrogens is 162 g/mol. The van der Waals surface area contributed by atoms with E-state index in [0.29, 0.717) is 0 Å². The minimum absolute atomic E-state index is 0.251. The predicted octanol–water partition coefficient (Wildman–Crippen LogP) is 1.20. The Labute approximate surface area is 70.9 Å². The van der Waals surface area contributed by atoms with E-state index in [2.05, 4.69) is 0 Å². The maximum Gasteiger partial charge on any atom is 0.321 e. The molecule has 0 unspecified atom stereocenters. The standard InChI is InChI=1S/C7H13NO2S/c1-11-8-5-3-2-4-6(8)7(9)10/h6H,2-5H2,1H3,(H,9,10)/t6-/m1/s1. The fraction of sp³-hybridized carbons (Fsp3) is 0.857. The van der Waals surface area contributed by atoms with Crippen LogP contribution >= 0.6 is 11.9 Å². The number of aliphatic carboxylic acids is 1. The van der Waals surface area contributed by atoms with Crippen molar-refractivity contribution in [3.8, 4) is 0 Å². The third kappa shape index (κ3) is 2.10. The maximum absolute atomic E-state index is 10.7. The topological polar surface area (TPSA) is 40.5 Å². The molecule has 0 saturated carbocycles. The molecule has 0 radical (unpaired) electrons. The Kier molecular flexibility index (Phi) is 3.20. The molecule has 11 heavy (non-hydrogen) atoms. The van der Waals surface area contributed by atoms with Gasteiger partial charge in [-0.3, -0.25) is 4.79 Å². The van der Waals surface area contributed by atoms with Crippen molar-refractivity contribution in [2.75, 3.05) is 12.8 Å². The highest BCUT2D eigenvalue weighted by atomic mass is 32.2. The molecule has 1 aliphatic rings. The zero-order valence-corrected chi connectivity index (χ0v) is 7.43. The molecule has 1 N–H and O–H groups in total. The second-order valence-electron chi connectivity index (χ2n) is 2.67. The number of carboxylic acid groups (broad SMARTS) is 1.